The molecule has 1 aromatic carbocycles. The number of carbonyl (C=O) groups is 1. The Labute approximate surface area is 177 Å². The Bertz CT molecular complexity index is 934. The highest BCUT2D eigenvalue weighted by molar-refractivity contribution is 7.89. The molecule has 158 valence electrons. The van der Waals surface area contributed by atoms with E-state index in [9.17, 15) is 13.2 Å². The van der Waals surface area contributed by atoms with Crippen LogP contribution in [0.4, 0.5) is 0 Å². The Kier molecular flexibility index (Phi) is 7.10. The van der Waals surface area contributed by atoms with E-state index in [0.29, 0.717) is 37.6 Å². The molecule has 8 heteroatoms. The molecule has 0 bridgehead atoms. The molecule has 0 spiro atoms. The fourth-order valence-corrected chi connectivity index (χ4v) is 5.97. The number of benzene rings is 1. The van der Waals surface area contributed by atoms with Gasteiger partial charge < -0.3 is 5.32 Å². The van der Waals surface area contributed by atoms with Gasteiger partial charge in [-0.1, -0.05) is 18.2 Å². The monoisotopic (exact) mass is 435 g/mol. The number of carbonyl (C=O) groups excluding carboxylic acids is 1. The van der Waals surface area contributed by atoms with Crippen LogP contribution in [0.1, 0.15) is 22.9 Å². The molecule has 1 N–H and O–H groups in total. The van der Waals surface area contributed by atoms with Crippen LogP contribution in [-0.4, -0.2) is 62.3 Å². The molecule has 2 aromatic rings. The fraction of sp³-hybridized carbons (Fsp3) is 0.476. The van der Waals surface area contributed by atoms with Crippen molar-refractivity contribution in [1.82, 2.24) is 14.5 Å². The summed E-state index contributed by atoms with van der Waals surface area (Å²) in [7, 11) is -3.52. The summed E-state index contributed by atoms with van der Waals surface area (Å²) in [6, 6.07) is 9.31. The highest BCUT2D eigenvalue weighted by Crippen LogP contribution is 2.23. The minimum Gasteiger partial charge on any atom is -0.354 e. The van der Waals surface area contributed by atoms with E-state index in [-0.39, 0.29) is 11.9 Å². The predicted octanol–water partition coefficient (Wildman–Crippen LogP) is 2.42. The molecule has 1 fully saturated rings. The molecular formula is C21H29N3O3S2. The first kappa shape index (κ1) is 22.0. The molecule has 1 saturated heterocycles. The molecule has 1 unspecified atom stereocenters. The van der Waals surface area contributed by atoms with Crippen LogP contribution in [-0.2, 0) is 21.2 Å². The van der Waals surface area contributed by atoms with Crippen molar-refractivity contribution in [2.24, 2.45) is 0 Å². The Morgan fingerprint density at radius 2 is 1.90 bits per heavy atom. The van der Waals surface area contributed by atoms with Gasteiger partial charge in [0.1, 0.15) is 0 Å². The molecule has 1 aliphatic rings. The van der Waals surface area contributed by atoms with E-state index in [1.165, 1.54) is 9.18 Å². The van der Waals surface area contributed by atoms with Crippen molar-refractivity contribution in [2.45, 2.75) is 38.1 Å². The van der Waals surface area contributed by atoms with Crippen LogP contribution < -0.4 is 5.32 Å². The molecule has 3 rings (SSSR count). The summed E-state index contributed by atoms with van der Waals surface area (Å²) in [6.45, 7) is 8.10. The molecule has 29 heavy (non-hydrogen) atoms. The lowest BCUT2D eigenvalue weighted by molar-refractivity contribution is -0.126. The second-order valence-corrected chi connectivity index (χ2v) is 10.4. The third-order valence-corrected chi connectivity index (χ3v) is 8.39. The molecule has 6 nitrogen and oxygen atoms in total. The Morgan fingerprint density at radius 3 is 2.55 bits per heavy atom. The van der Waals surface area contributed by atoms with E-state index < -0.39 is 10.0 Å². The number of nitrogens with one attached hydrogen (secondary N) is 1. The van der Waals surface area contributed by atoms with E-state index in [1.54, 1.807) is 17.4 Å². The molecule has 0 aliphatic carbocycles. The Hall–Kier alpha value is -1.74. The maximum Gasteiger partial charge on any atom is 0.243 e. The zero-order valence-corrected chi connectivity index (χ0v) is 18.9. The number of hydrogen-bond donors (Lipinski definition) is 1. The zero-order chi connectivity index (χ0) is 21.0. The van der Waals surface area contributed by atoms with Crippen LogP contribution in [0.2, 0.25) is 0 Å². The highest BCUT2D eigenvalue weighted by atomic mass is 32.2. The SMILES string of the molecule is Cc1ccc(C)c(S(=O)(=O)N2CCN(C(C)C(=O)NCCc3cccs3)CC2)c1. The fourth-order valence-electron chi connectivity index (χ4n) is 3.53. The molecular weight excluding hydrogens is 406 g/mol. The number of sulfonamides is 1. The van der Waals surface area contributed by atoms with Crippen molar-refractivity contribution in [3.63, 3.8) is 0 Å². The maximum atomic E-state index is 13.1. The average Bonchev–Trinajstić information content (AvgIpc) is 3.22. The Balaban J connectivity index is 1.53. The third-order valence-electron chi connectivity index (χ3n) is 5.41. The van der Waals surface area contributed by atoms with Gasteiger partial charge in [0.25, 0.3) is 0 Å². The average molecular weight is 436 g/mol. The summed E-state index contributed by atoms with van der Waals surface area (Å²) in [5.41, 5.74) is 1.69. The molecule has 0 radical (unpaired) electrons. The van der Waals surface area contributed by atoms with Gasteiger partial charge in [-0.05, 0) is 55.8 Å². The molecule has 2 heterocycles. The number of piperazine rings is 1. The van der Waals surface area contributed by atoms with Gasteiger partial charge in [0.05, 0.1) is 10.9 Å². The lowest BCUT2D eigenvalue weighted by Crippen LogP contribution is -2.55. The third kappa shape index (κ3) is 5.25. The number of amides is 1. The number of nitrogens with zero attached hydrogens (tertiary/aromatic N) is 2. The first-order valence-corrected chi connectivity index (χ1v) is 12.2. The van der Waals surface area contributed by atoms with Crippen molar-refractivity contribution in [3.05, 3.63) is 51.7 Å². The topological polar surface area (TPSA) is 69.7 Å². The van der Waals surface area contributed by atoms with Gasteiger partial charge in [0.15, 0.2) is 0 Å². The first-order chi connectivity index (χ1) is 13.8. The molecule has 1 amide bonds. The van der Waals surface area contributed by atoms with Gasteiger partial charge in [-0.2, -0.15) is 4.31 Å². The first-order valence-electron chi connectivity index (χ1n) is 9.90. The predicted molar refractivity (Wildman–Crippen MR) is 117 cm³/mol. The minimum atomic E-state index is -3.52. The molecule has 1 atom stereocenters. The van der Waals surface area contributed by atoms with Gasteiger partial charge >= 0.3 is 0 Å². The standard InChI is InChI=1S/C21H29N3O3S2/c1-16-6-7-17(2)20(15-16)29(26,27)24-12-10-23(11-13-24)18(3)21(25)22-9-8-19-5-4-14-28-19/h4-7,14-15,18H,8-13H2,1-3H3,(H,22,25). The van der Waals surface area contributed by atoms with Crippen molar-refractivity contribution < 1.29 is 13.2 Å². The number of thiophene rings is 1. The molecule has 0 saturated carbocycles. The number of hydrogen-bond acceptors (Lipinski definition) is 5. The van der Waals surface area contributed by atoms with Crippen LogP contribution >= 0.6 is 11.3 Å². The lowest BCUT2D eigenvalue weighted by atomic mass is 10.2. The van der Waals surface area contributed by atoms with E-state index >= 15 is 0 Å². The van der Waals surface area contributed by atoms with Crippen molar-refractivity contribution >= 4 is 27.3 Å². The quantitative estimate of drug-likeness (QED) is 0.725. The summed E-state index contributed by atoms with van der Waals surface area (Å²) in [5, 5.41) is 5.03. The molecule has 1 aliphatic heterocycles. The summed E-state index contributed by atoms with van der Waals surface area (Å²) >= 11 is 1.69. The van der Waals surface area contributed by atoms with E-state index in [4.69, 9.17) is 0 Å². The normalized spacial score (nSPS) is 17.2. The van der Waals surface area contributed by atoms with E-state index in [1.807, 2.05) is 44.4 Å². The van der Waals surface area contributed by atoms with E-state index in [2.05, 4.69) is 16.3 Å². The number of aryl methyl sites for hydroxylation is 2. The van der Waals surface area contributed by atoms with Gasteiger partial charge in [-0.3, -0.25) is 9.69 Å². The van der Waals surface area contributed by atoms with Crippen LogP contribution in [0.5, 0.6) is 0 Å². The van der Waals surface area contributed by atoms with Crippen LogP contribution in [0, 0.1) is 13.8 Å². The largest absolute Gasteiger partial charge is 0.354 e. The highest BCUT2D eigenvalue weighted by Gasteiger charge is 2.32. The zero-order valence-electron chi connectivity index (χ0n) is 17.2. The van der Waals surface area contributed by atoms with Gasteiger partial charge in [-0.25, -0.2) is 8.42 Å². The van der Waals surface area contributed by atoms with Crippen LogP contribution in [0.25, 0.3) is 0 Å². The van der Waals surface area contributed by atoms with Gasteiger partial charge in [0, 0.05) is 37.6 Å². The molecule has 1 aromatic heterocycles. The van der Waals surface area contributed by atoms with E-state index in [0.717, 1.165) is 17.5 Å². The summed E-state index contributed by atoms with van der Waals surface area (Å²) in [5.74, 6) is -0.00704. The van der Waals surface area contributed by atoms with Gasteiger partial charge in [0.2, 0.25) is 15.9 Å². The smallest absolute Gasteiger partial charge is 0.243 e. The van der Waals surface area contributed by atoms with Crippen molar-refractivity contribution in [1.29, 1.82) is 0 Å². The van der Waals surface area contributed by atoms with Crippen LogP contribution in [0.15, 0.2) is 40.6 Å². The second-order valence-electron chi connectivity index (χ2n) is 7.51. The minimum absolute atomic E-state index is 0.00704. The second kappa shape index (κ2) is 9.38. The summed E-state index contributed by atoms with van der Waals surface area (Å²) < 4.78 is 27.6. The number of rotatable bonds is 7. The Morgan fingerprint density at radius 1 is 1.17 bits per heavy atom. The van der Waals surface area contributed by atoms with Gasteiger partial charge in [-0.15, -0.1) is 11.3 Å². The van der Waals surface area contributed by atoms with Crippen molar-refractivity contribution in [2.75, 3.05) is 32.7 Å². The van der Waals surface area contributed by atoms with Crippen LogP contribution in [0.3, 0.4) is 0 Å². The maximum absolute atomic E-state index is 13.1. The van der Waals surface area contributed by atoms with Crippen molar-refractivity contribution in [3.8, 4) is 0 Å². The summed E-state index contributed by atoms with van der Waals surface area (Å²) in [6.07, 6.45) is 0.831. The lowest BCUT2D eigenvalue weighted by Gasteiger charge is -2.37. The summed E-state index contributed by atoms with van der Waals surface area (Å²) in [4.78, 5) is 16.2.